The molecule has 0 atom stereocenters. The van der Waals surface area contributed by atoms with Gasteiger partial charge in [-0.1, -0.05) is 20.8 Å². The first-order chi connectivity index (χ1) is 7.51. The monoisotopic (exact) mass is 242 g/mol. The molecule has 0 aliphatic carbocycles. The number of nitrogens with one attached hydrogen (secondary N) is 1. The van der Waals surface area contributed by atoms with Crippen molar-refractivity contribution in [2.24, 2.45) is 5.41 Å². The van der Waals surface area contributed by atoms with Gasteiger partial charge in [0.05, 0.1) is 12.3 Å². The average Bonchev–Trinajstić information content (AvgIpc) is 2.60. The van der Waals surface area contributed by atoms with Crippen LogP contribution in [0.2, 0.25) is 0 Å². The predicted octanol–water partition coefficient (Wildman–Crippen LogP) is 2.82. The fourth-order valence-corrected chi connectivity index (χ4v) is 2.06. The third-order valence-electron chi connectivity index (χ3n) is 2.23. The van der Waals surface area contributed by atoms with Crippen LogP contribution in [0.15, 0.2) is 5.38 Å². The molecule has 1 aromatic rings. The first kappa shape index (κ1) is 13.6. The number of nitrogens with zero attached hydrogens (tertiary/aromatic N) is 1. The number of thiazole rings is 1. The Balaban J connectivity index is 2.21. The zero-order valence-corrected chi connectivity index (χ0v) is 11.5. The maximum atomic E-state index is 5.04. The van der Waals surface area contributed by atoms with Gasteiger partial charge in [0.25, 0.3) is 0 Å². The van der Waals surface area contributed by atoms with E-state index in [0.717, 1.165) is 23.8 Å². The van der Waals surface area contributed by atoms with Crippen LogP contribution < -0.4 is 5.32 Å². The van der Waals surface area contributed by atoms with Crippen LogP contribution in [0.25, 0.3) is 0 Å². The molecular formula is C12H22N2OS. The molecule has 0 amide bonds. The minimum absolute atomic E-state index is 0.399. The van der Waals surface area contributed by atoms with Crippen molar-refractivity contribution in [2.75, 3.05) is 13.7 Å². The first-order valence-electron chi connectivity index (χ1n) is 5.64. The molecular weight excluding hydrogens is 220 g/mol. The quantitative estimate of drug-likeness (QED) is 0.779. The van der Waals surface area contributed by atoms with Crippen LogP contribution in [0.4, 0.5) is 0 Å². The Labute approximate surface area is 102 Å². The number of aromatic nitrogens is 1. The first-order valence-corrected chi connectivity index (χ1v) is 6.52. The normalized spacial score (nSPS) is 12.0. The molecule has 3 nitrogen and oxygen atoms in total. The second-order valence-electron chi connectivity index (χ2n) is 5.15. The smallest absolute Gasteiger partial charge is 0.119 e. The predicted molar refractivity (Wildman–Crippen MR) is 68.6 cm³/mol. The van der Waals surface area contributed by atoms with Crippen LogP contribution in [0.1, 0.15) is 37.9 Å². The van der Waals surface area contributed by atoms with Gasteiger partial charge in [0.2, 0.25) is 0 Å². The molecule has 0 spiro atoms. The highest BCUT2D eigenvalue weighted by Crippen LogP contribution is 2.17. The van der Waals surface area contributed by atoms with E-state index in [-0.39, 0.29) is 0 Å². The van der Waals surface area contributed by atoms with Crippen molar-refractivity contribution in [1.82, 2.24) is 10.3 Å². The number of hydrogen-bond donors (Lipinski definition) is 1. The van der Waals surface area contributed by atoms with Crippen molar-refractivity contribution in [1.29, 1.82) is 0 Å². The second kappa shape index (κ2) is 6.33. The molecule has 0 radical (unpaired) electrons. The fourth-order valence-electron chi connectivity index (χ4n) is 1.30. The molecule has 0 aromatic carbocycles. The van der Waals surface area contributed by atoms with Gasteiger partial charge in [-0.2, -0.15) is 0 Å². The minimum Gasteiger partial charge on any atom is -0.378 e. The molecule has 1 aromatic heterocycles. The van der Waals surface area contributed by atoms with Crippen LogP contribution in [-0.4, -0.2) is 18.6 Å². The highest BCUT2D eigenvalue weighted by molar-refractivity contribution is 7.09. The molecule has 0 aliphatic heterocycles. The summed E-state index contributed by atoms with van der Waals surface area (Å²) < 4.78 is 5.04. The molecule has 1 N–H and O–H groups in total. The van der Waals surface area contributed by atoms with E-state index in [9.17, 15) is 0 Å². The molecule has 0 unspecified atom stereocenters. The molecule has 0 saturated heterocycles. The van der Waals surface area contributed by atoms with Crippen LogP contribution in [-0.2, 0) is 17.9 Å². The summed E-state index contributed by atoms with van der Waals surface area (Å²) in [5.41, 5.74) is 1.52. The van der Waals surface area contributed by atoms with E-state index in [1.807, 2.05) is 0 Å². The largest absolute Gasteiger partial charge is 0.378 e. The Morgan fingerprint density at radius 3 is 2.81 bits per heavy atom. The van der Waals surface area contributed by atoms with Gasteiger partial charge in [-0.3, -0.25) is 0 Å². The molecule has 92 valence electrons. The fraction of sp³-hybridized carbons (Fsp3) is 0.750. The van der Waals surface area contributed by atoms with Crippen molar-refractivity contribution in [3.8, 4) is 0 Å². The van der Waals surface area contributed by atoms with Gasteiger partial charge in [-0.15, -0.1) is 11.3 Å². The van der Waals surface area contributed by atoms with Crippen LogP contribution >= 0.6 is 11.3 Å². The summed E-state index contributed by atoms with van der Waals surface area (Å²) >= 11 is 1.66. The van der Waals surface area contributed by atoms with Gasteiger partial charge >= 0.3 is 0 Å². The standard InChI is InChI=1S/C12H22N2OS/c1-12(2,3)5-6-13-7-10-9-16-11(14-10)8-15-4/h9,13H,5-8H2,1-4H3. The third kappa shape index (κ3) is 5.58. The molecule has 0 bridgehead atoms. The van der Waals surface area contributed by atoms with E-state index >= 15 is 0 Å². The molecule has 16 heavy (non-hydrogen) atoms. The van der Waals surface area contributed by atoms with Crippen LogP contribution in [0.3, 0.4) is 0 Å². The Kier molecular flexibility index (Phi) is 5.38. The maximum Gasteiger partial charge on any atom is 0.119 e. The maximum absolute atomic E-state index is 5.04. The van der Waals surface area contributed by atoms with Gasteiger partial charge < -0.3 is 10.1 Å². The van der Waals surface area contributed by atoms with Crippen molar-refractivity contribution < 1.29 is 4.74 Å². The summed E-state index contributed by atoms with van der Waals surface area (Å²) in [6, 6.07) is 0. The third-order valence-corrected chi connectivity index (χ3v) is 3.10. The number of methoxy groups -OCH3 is 1. The summed E-state index contributed by atoms with van der Waals surface area (Å²) in [4.78, 5) is 4.46. The van der Waals surface area contributed by atoms with Crippen molar-refractivity contribution in [3.63, 3.8) is 0 Å². The number of ether oxygens (including phenoxy) is 1. The van der Waals surface area contributed by atoms with Gasteiger partial charge in [0.1, 0.15) is 5.01 Å². The SMILES string of the molecule is COCc1nc(CNCCC(C)(C)C)cs1. The Morgan fingerprint density at radius 2 is 2.19 bits per heavy atom. The van der Waals surface area contributed by atoms with Gasteiger partial charge in [0, 0.05) is 19.0 Å². The summed E-state index contributed by atoms with van der Waals surface area (Å²) in [5.74, 6) is 0. The zero-order chi connectivity index (χ0) is 12.0. The number of rotatable bonds is 6. The van der Waals surface area contributed by atoms with Gasteiger partial charge in [-0.05, 0) is 18.4 Å². The summed E-state index contributed by atoms with van der Waals surface area (Å²) in [7, 11) is 1.70. The highest BCUT2D eigenvalue weighted by atomic mass is 32.1. The molecule has 1 rings (SSSR count). The van der Waals surface area contributed by atoms with E-state index in [1.54, 1.807) is 18.4 Å². The van der Waals surface area contributed by atoms with E-state index in [0.29, 0.717) is 12.0 Å². The van der Waals surface area contributed by atoms with E-state index in [4.69, 9.17) is 4.74 Å². The molecule has 1 heterocycles. The van der Waals surface area contributed by atoms with Crippen molar-refractivity contribution in [2.45, 2.75) is 40.3 Å². The van der Waals surface area contributed by atoms with Crippen molar-refractivity contribution >= 4 is 11.3 Å². The Morgan fingerprint density at radius 1 is 1.44 bits per heavy atom. The molecule has 0 saturated carbocycles. The van der Waals surface area contributed by atoms with Gasteiger partial charge in [0.15, 0.2) is 0 Å². The molecule has 0 aliphatic rings. The Bertz CT molecular complexity index is 304. The second-order valence-corrected chi connectivity index (χ2v) is 6.10. The van der Waals surface area contributed by atoms with E-state index < -0.39 is 0 Å². The minimum atomic E-state index is 0.399. The Hall–Kier alpha value is -0.450. The summed E-state index contributed by atoms with van der Waals surface area (Å²) in [6.45, 7) is 9.29. The van der Waals surface area contributed by atoms with Crippen LogP contribution in [0.5, 0.6) is 0 Å². The summed E-state index contributed by atoms with van der Waals surface area (Å²) in [5, 5.41) is 6.56. The highest BCUT2D eigenvalue weighted by Gasteiger charge is 2.09. The van der Waals surface area contributed by atoms with Crippen molar-refractivity contribution in [3.05, 3.63) is 16.1 Å². The molecule has 4 heteroatoms. The van der Waals surface area contributed by atoms with Crippen LogP contribution in [0, 0.1) is 5.41 Å². The lowest BCUT2D eigenvalue weighted by atomic mass is 9.92. The lowest BCUT2D eigenvalue weighted by molar-refractivity contribution is 0.184. The summed E-state index contributed by atoms with van der Waals surface area (Å²) in [6.07, 6.45) is 1.18. The van der Waals surface area contributed by atoms with Gasteiger partial charge in [-0.25, -0.2) is 4.98 Å². The topological polar surface area (TPSA) is 34.1 Å². The lowest BCUT2D eigenvalue weighted by Gasteiger charge is -2.17. The molecule has 0 fully saturated rings. The van der Waals surface area contributed by atoms with E-state index in [1.165, 1.54) is 6.42 Å². The van der Waals surface area contributed by atoms with E-state index in [2.05, 4.69) is 36.5 Å². The lowest BCUT2D eigenvalue weighted by Crippen LogP contribution is -2.20. The zero-order valence-electron chi connectivity index (χ0n) is 10.7. The average molecular weight is 242 g/mol. The number of hydrogen-bond acceptors (Lipinski definition) is 4.